The molecule has 3 nitrogen and oxygen atoms in total. The molecule has 1 amide bonds. The van der Waals surface area contributed by atoms with Crippen LogP contribution in [-0.4, -0.2) is 29.9 Å². The normalized spacial score (nSPS) is 19.8. The third-order valence-electron chi connectivity index (χ3n) is 2.75. The minimum atomic E-state index is -0.412. The number of hydrogen-bond donors (Lipinski definition) is 1. The summed E-state index contributed by atoms with van der Waals surface area (Å²) in [5.41, 5.74) is 6.08. The Labute approximate surface area is 117 Å². The lowest BCUT2D eigenvalue weighted by Crippen LogP contribution is -2.32. The van der Waals surface area contributed by atoms with Gasteiger partial charge in [-0.1, -0.05) is 11.6 Å². The Hall–Kier alpha value is -0.400. The fraction of sp³-hybridized carbons (Fsp3) is 0.364. The van der Waals surface area contributed by atoms with Gasteiger partial charge in [-0.25, -0.2) is 4.39 Å². The summed E-state index contributed by atoms with van der Waals surface area (Å²) < 4.78 is 13.6. The monoisotopic (exact) mass is 368 g/mol. The topological polar surface area (TPSA) is 46.3 Å². The van der Waals surface area contributed by atoms with E-state index in [1.165, 1.54) is 12.1 Å². The number of nitrogens with zero attached hydrogens (tertiary/aromatic N) is 1. The molecule has 0 spiro atoms. The lowest BCUT2D eigenvalue weighted by molar-refractivity contribution is 0.0791. The molecule has 0 saturated carbocycles. The first-order valence-electron chi connectivity index (χ1n) is 5.18. The predicted molar refractivity (Wildman–Crippen MR) is 72.6 cm³/mol. The molecule has 2 N–H and O–H groups in total. The molecule has 0 radical (unpaired) electrons. The molecule has 1 fully saturated rings. The van der Waals surface area contributed by atoms with Crippen LogP contribution in [0.4, 0.5) is 4.39 Å². The van der Waals surface area contributed by atoms with Gasteiger partial charge in [0.15, 0.2) is 0 Å². The zero-order valence-corrected chi connectivity index (χ0v) is 11.8. The van der Waals surface area contributed by atoms with E-state index < -0.39 is 5.82 Å². The van der Waals surface area contributed by atoms with Crippen LogP contribution in [-0.2, 0) is 0 Å². The molecule has 1 heterocycles. The van der Waals surface area contributed by atoms with Crippen molar-refractivity contribution in [1.29, 1.82) is 0 Å². The SMILES string of the molecule is N[C@@H]1CCN(C(=O)c2cc(I)c(F)cc2Cl)C1. The molecular formula is C11H11ClFIN2O. The van der Waals surface area contributed by atoms with E-state index >= 15 is 0 Å². The zero-order valence-electron chi connectivity index (χ0n) is 8.92. The highest BCUT2D eigenvalue weighted by molar-refractivity contribution is 14.1. The number of likely N-dealkylation sites (tertiary alicyclic amines) is 1. The van der Waals surface area contributed by atoms with Crippen LogP contribution in [0.1, 0.15) is 16.8 Å². The maximum absolute atomic E-state index is 13.2. The largest absolute Gasteiger partial charge is 0.337 e. The Kier molecular flexibility index (Phi) is 3.89. The number of halogens is 3. The zero-order chi connectivity index (χ0) is 12.6. The summed E-state index contributed by atoms with van der Waals surface area (Å²) in [5, 5.41) is 0.147. The number of rotatable bonds is 1. The van der Waals surface area contributed by atoms with Crippen molar-refractivity contribution < 1.29 is 9.18 Å². The fourth-order valence-corrected chi connectivity index (χ4v) is 2.53. The minimum Gasteiger partial charge on any atom is -0.337 e. The molecule has 92 valence electrons. The molecule has 17 heavy (non-hydrogen) atoms. The molecular weight excluding hydrogens is 357 g/mol. The van der Waals surface area contributed by atoms with Crippen molar-refractivity contribution >= 4 is 40.1 Å². The number of benzene rings is 1. The minimum absolute atomic E-state index is 0.0252. The van der Waals surface area contributed by atoms with Gasteiger partial charge in [-0.2, -0.15) is 0 Å². The lowest BCUT2D eigenvalue weighted by atomic mass is 10.2. The van der Waals surface area contributed by atoms with Gasteiger partial charge in [-0.05, 0) is 41.1 Å². The first-order valence-corrected chi connectivity index (χ1v) is 6.64. The van der Waals surface area contributed by atoms with Crippen molar-refractivity contribution in [3.05, 3.63) is 32.1 Å². The third kappa shape index (κ3) is 2.71. The summed E-state index contributed by atoms with van der Waals surface area (Å²) in [4.78, 5) is 13.8. The van der Waals surface area contributed by atoms with Gasteiger partial charge >= 0.3 is 0 Å². The average Bonchev–Trinajstić information content (AvgIpc) is 2.69. The van der Waals surface area contributed by atoms with E-state index in [0.29, 0.717) is 22.2 Å². The van der Waals surface area contributed by atoms with Crippen LogP contribution < -0.4 is 5.73 Å². The van der Waals surface area contributed by atoms with Gasteiger partial charge in [-0.15, -0.1) is 0 Å². The second-order valence-corrected chi connectivity index (χ2v) is 5.62. The summed E-state index contributed by atoms with van der Waals surface area (Å²) in [7, 11) is 0. The van der Waals surface area contributed by atoms with Crippen LogP contribution in [0, 0.1) is 9.39 Å². The summed E-state index contributed by atoms with van der Waals surface area (Å²) in [5.74, 6) is -0.592. The van der Waals surface area contributed by atoms with E-state index in [4.69, 9.17) is 17.3 Å². The van der Waals surface area contributed by atoms with Gasteiger partial charge < -0.3 is 10.6 Å². The molecule has 1 saturated heterocycles. The lowest BCUT2D eigenvalue weighted by Gasteiger charge is -2.16. The fourth-order valence-electron chi connectivity index (χ4n) is 1.83. The molecule has 1 aliphatic heterocycles. The Morgan fingerprint density at radius 1 is 1.59 bits per heavy atom. The van der Waals surface area contributed by atoms with Crippen LogP contribution >= 0.6 is 34.2 Å². The van der Waals surface area contributed by atoms with E-state index in [1.807, 2.05) is 22.6 Å². The van der Waals surface area contributed by atoms with E-state index in [9.17, 15) is 9.18 Å². The van der Waals surface area contributed by atoms with Crippen molar-refractivity contribution in [2.45, 2.75) is 12.5 Å². The number of hydrogen-bond acceptors (Lipinski definition) is 2. The Bertz CT molecular complexity index is 469. The van der Waals surface area contributed by atoms with Gasteiger partial charge in [-0.3, -0.25) is 4.79 Å². The summed E-state index contributed by atoms with van der Waals surface area (Å²) in [6, 6.07) is 2.67. The molecule has 1 aromatic carbocycles. The van der Waals surface area contributed by atoms with Crippen LogP contribution in [0.3, 0.4) is 0 Å². The van der Waals surface area contributed by atoms with Crippen molar-refractivity contribution in [2.75, 3.05) is 13.1 Å². The van der Waals surface area contributed by atoms with Crippen LogP contribution in [0.25, 0.3) is 0 Å². The molecule has 0 unspecified atom stereocenters. The van der Waals surface area contributed by atoms with E-state index in [1.54, 1.807) is 4.90 Å². The Morgan fingerprint density at radius 3 is 2.88 bits per heavy atom. The standard InChI is InChI=1S/C11H11ClFIN2O/c12-8-4-9(13)10(14)3-7(8)11(17)16-2-1-6(15)5-16/h3-4,6H,1-2,5,15H2/t6-/m1/s1. The number of amides is 1. The number of carbonyl (C=O) groups excluding carboxylic acids is 1. The number of nitrogens with two attached hydrogens (primary N) is 1. The smallest absolute Gasteiger partial charge is 0.255 e. The molecule has 0 bridgehead atoms. The molecule has 1 aliphatic rings. The van der Waals surface area contributed by atoms with Crippen molar-refractivity contribution in [1.82, 2.24) is 4.90 Å². The molecule has 1 aromatic rings. The maximum Gasteiger partial charge on any atom is 0.255 e. The highest BCUT2D eigenvalue weighted by Gasteiger charge is 2.26. The molecule has 2 rings (SSSR count). The second-order valence-electron chi connectivity index (χ2n) is 4.05. The van der Waals surface area contributed by atoms with Gasteiger partial charge in [0.05, 0.1) is 10.6 Å². The van der Waals surface area contributed by atoms with Crippen molar-refractivity contribution in [2.24, 2.45) is 5.73 Å². The highest BCUT2D eigenvalue weighted by Crippen LogP contribution is 2.24. The van der Waals surface area contributed by atoms with Gasteiger partial charge in [0.2, 0.25) is 0 Å². The quantitative estimate of drug-likeness (QED) is 0.610. The Morgan fingerprint density at radius 2 is 2.29 bits per heavy atom. The molecule has 1 atom stereocenters. The summed E-state index contributed by atoms with van der Waals surface area (Å²) in [6.07, 6.45) is 0.793. The number of carbonyl (C=O) groups is 1. The van der Waals surface area contributed by atoms with Crippen LogP contribution in [0.2, 0.25) is 5.02 Å². The average molecular weight is 369 g/mol. The second kappa shape index (κ2) is 5.07. The van der Waals surface area contributed by atoms with Gasteiger partial charge in [0, 0.05) is 22.7 Å². The maximum atomic E-state index is 13.2. The highest BCUT2D eigenvalue weighted by atomic mass is 127. The van der Waals surface area contributed by atoms with Crippen molar-refractivity contribution in [3.63, 3.8) is 0 Å². The van der Waals surface area contributed by atoms with Gasteiger partial charge in [0.25, 0.3) is 5.91 Å². The Balaban J connectivity index is 2.28. The van der Waals surface area contributed by atoms with Gasteiger partial charge in [0.1, 0.15) is 5.82 Å². The molecule has 0 aliphatic carbocycles. The first kappa shape index (κ1) is 13.0. The van der Waals surface area contributed by atoms with E-state index in [-0.39, 0.29) is 17.0 Å². The predicted octanol–water partition coefficient (Wildman–Crippen LogP) is 2.26. The van der Waals surface area contributed by atoms with Crippen LogP contribution in [0.15, 0.2) is 12.1 Å². The summed E-state index contributed by atoms with van der Waals surface area (Å²) >= 11 is 7.73. The van der Waals surface area contributed by atoms with E-state index in [0.717, 1.165) is 6.42 Å². The third-order valence-corrected chi connectivity index (χ3v) is 3.89. The summed E-state index contributed by atoms with van der Waals surface area (Å²) in [6.45, 7) is 1.16. The van der Waals surface area contributed by atoms with E-state index in [2.05, 4.69) is 0 Å². The van der Waals surface area contributed by atoms with Crippen molar-refractivity contribution in [3.8, 4) is 0 Å². The molecule has 0 aromatic heterocycles. The first-order chi connectivity index (χ1) is 7.99. The molecule has 6 heteroatoms. The van der Waals surface area contributed by atoms with Crippen LogP contribution in [0.5, 0.6) is 0 Å².